The van der Waals surface area contributed by atoms with Crippen molar-refractivity contribution in [3.05, 3.63) is 42.1 Å². The minimum atomic E-state index is -0.357. The molecule has 4 fully saturated rings. The van der Waals surface area contributed by atoms with Crippen molar-refractivity contribution in [1.29, 1.82) is 0 Å². The summed E-state index contributed by atoms with van der Waals surface area (Å²) in [7, 11) is 0. The average Bonchev–Trinajstić information content (AvgIpc) is 3.38. The van der Waals surface area contributed by atoms with Crippen LogP contribution in [0.2, 0.25) is 0 Å². The Balaban J connectivity index is 1.28. The predicted molar refractivity (Wildman–Crippen MR) is 116 cm³/mol. The quantitative estimate of drug-likeness (QED) is 0.605. The second-order valence-electron chi connectivity index (χ2n) is 9.38. The molecule has 3 aliphatic heterocycles. The first-order valence-corrected chi connectivity index (χ1v) is 11.4. The summed E-state index contributed by atoms with van der Waals surface area (Å²) in [6.07, 6.45) is 3.41. The molecule has 6 atom stereocenters. The molecule has 1 amide bonds. The first kappa shape index (κ1) is 18.7. The van der Waals surface area contributed by atoms with Gasteiger partial charge >= 0.3 is 0 Å². The maximum atomic E-state index is 13.4. The maximum absolute atomic E-state index is 13.4. The summed E-state index contributed by atoms with van der Waals surface area (Å²) < 4.78 is 0. The highest BCUT2D eigenvalue weighted by molar-refractivity contribution is 5.86. The molecule has 1 saturated carbocycles. The summed E-state index contributed by atoms with van der Waals surface area (Å²) >= 11 is 0. The van der Waals surface area contributed by atoms with Crippen LogP contribution in [0.4, 0.5) is 0 Å². The molecule has 3 saturated heterocycles. The number of carbonyl (C=O) groups excluding carboxylic acids is 1. The molecule has 6 rings (SSSR count). The van der Waals surface area contributed by atoms with Crippen LogP contribution in [0.1, 0.15) is 30.9 Å². The van der Waals surface area contributed by atoms with Crippen molar-refractivity contribution in [3.8, 4) is 0 Å². The number of para-hydroxylation sites is 1. The van der Waals surface area contributed by atoms with Crippen LogP contribution >= 0.6 is 0 Å². The molecule has 5 unspecified atom stereocenters. The van der Waals surface area contributed by atoms with E-state index in [9.17, 15) is 4.79 Å². The number of benzene rings is 1. The molecule has 158 valence electrons. The summed E-state index contributed by atoms with van der Waals surface area (Å²) in [6, 6.07) is 12.5. The van der Waals surface area contributed by atoms with Crippen LogP contribution in [-0.2, 0) is 4.79 Å². The topological polar surface area (TPSA) is 81.3 Å². The lowest BCUT2D eigenvalue weighted by Gasteiger charge is -2.43. The van der Waals surface area contributed by atoms with E-state index in [-0.39, 0.29) is 24.3 Å². The standard InChI is InChI=1S/C23H30N6O/c30-22-20(19-8-7-14-4-1-2-6-18(14)26-19)21(25-17-5-3-9-24-11-17)27-23(28-22)29-12-15-10-16(15)13-29/h1-2,4,6-8,15-17,20-21,23-25,27H,3,5,9-13H2,(H,28,30)/t15?,16?,17-,20?,21?,23?/m1/s1. The van der Waals surface area contributed by atoms with Gasteiger partial charge in [-0.25, -0.2) is 0 Å². The number of piperidine rings is 2. The number of amides is 1. The highest BCUT2D eigenvalue weighted by Gasteiger charge is 2.49. The van der Waals surface area contributed by atoms with Crippen molar-refractivity contribution in [1.82, 2.24) is 31.2 Å². The number of hydrogen-bond donors (Lipinski definition) is 4. The normalized spacial score (nSPS) is 36.5. The molecular weight excluding hydrogens is 376 g/mol. The van der Waals surface area contributed by atoms with Crippen LogP contribution in [0.15, 0.2) is 36.4 Å². The lowest BCUT2D eigenvalue weighted by Crippen LogP contribution is -2.71. The molecule has 4 aliphatic rings. The van der Waals surface area contributed by atoms with E-state index in [0.717, 1.165) is 67.5 Å². The molecule has 0 bridgehead atoms. The minimum Gasteiger partial charge on any atom is -0.327 e. The molecule has 1 aliphatic carbocycles. The van der Waals surface area contributed by atoms with Crippen molar-refractivity contribution < 1.29 is 4.79 Å². The van der Waals surface area contributed by atoms with Gasteiger partial charge in [-0.2, -0.15) is 0 Å². The van der Waals surface area contributed by atoms with Gasteiger partial charge in [-0.15, -0.1) is 0 Å². The lowest BCUT2D eigenvalue weighted by atomic mass is 9.95. The Hall–Kier alpha value is -2.06. The van der Waals surface area contributed by atoms with Crippen molar-refractivity contribution in [3.63, 3.8) is 0 Å². The van der Waals surface area contributed by atoms with E-state index in [0.29, 0.717) is 6.04 Å². The molecule has 7 nitrogen and oxygen atoms in total. The molecule has 1 aromatic heterocycles. The summed E-state index contributed by atoms with van der Waals surface area (Å²) in [5, 5.41) is 15.3. The van der Waals surface area contributed by atoms with Crippen LogP contribution in [0.25, 0.3) is 10.9 Å². The van der Waals surface area contributed by atoms with Crippen LogP contribution in [0.5, 0.6) is 0 Å². The van der Waals surface area contributed by atoms with Crippen molar-refractivity contribution in [2.45, 2.75) is 43.7 Å². The fourth-order valence-electron chi connectivity index (χ4n) is 5.48. The van der Waals surface area contributed by atoms with Crippen LogP contribution in [0, 0.1) is 11.8 Å². The molecule has 4 N–H and O–H groups in total. The molecule has 30 heavy (non-hydrogen) atoms. The fourth-order valence-corrected chi connectivity index (χ4v) is 5.48. The van der Waals surface area contributed by atoms with E-state index in [1.54, 1.807) is 0 Å². The van der Waals surface area contributed by atoms with E-state index in [4.69, 9.17) is 4.98 Å². The van der Waals surface area contributed by atoms with E-state index >= 15 is 0 Å². The number of nitrogens with one attached hydrogen (secondary N) is 4. The van der Waals surface area contributed by atoms with Gasteiger partial charge in [0.05, 0.1) is 17.4 Å². The minimum absolute atomic E-state index is 0.0587. The highest BCUT2D eigenvalue weighted by atomic mass is 16.2. The van der Waals surface area contributed by atoms with Crippen molar-refractivity contribution >= 4 is 16.8 Å². The molecule has 1 aromatic carbocycles. The van der Waals surface area contributed by atoms with Crippen molar-refractivity contribution in [2.24, 2.45) is 11.8 Å². The van der Waals surface area contributed by atoms with Crippen LogP contribution < -0.4 is 21.3 Å². The Morgan fingerprint density at radius 1 is 1.10 bits per heavy atom. The summed E-state index contributed by atoms with van der Waals surface area (Å²) in [5.74, 6) is 1.36. The third-order valence-corrected chi connectivity index (χ3v) is 7.26. The van der Waals surface area contributed by atoms with Gasteiger partial charge in [0.1, 0.15) is 12.2 Å². The SMILES string of the molecule is O=C1NC(N2CC3CC3C2)NC(N[C@@H]2CCCNC2)C1c1ccc2ccccc2n1. The number of pyridine rings is 1. The van der Waals surface area contributed by atoms with E-state index in [1.807, 2.05) is 24.3 Å². The van der Waals surface area contributed by atoms with E-state index in [2.05, 4.69) is 38.3 Å². The zero-order valence-electron chi connectivity index (χ0n) is 17.2. The monoisotopic (exact) mass is 406 g/mol. The largest absolute Gasteiger partial charge is 0.327 e. The number of rotatable bonds is 4. The molecule has 0 radical (unpaired) electrons. The zero-order chi connectivity index (χ0) is 20.1. The molecule has 0 spiro atoms. The number of nitrogens with zero attached hydrogens (tertiary/aromatic N) is 2. The molecule has 4 heterocycles. The van der Waals surface area contributed by atoms with Crippen LogP contribution in [-0.4, -0.2) is 60.5 Å². The Labute approximate surface area is 177 Å². The van der Waals surface area contributed by atoms with E-state index < -0.39 is 0 Å². The van der Waals surface area contributed by atoms with Crippen LogP contribution in [0.3, 0.4) is 0 Å². The second kappa shape index (κ2) is 7.57. The lowest BCUT2D eigenvalue weighted by molar-refractivity contribution is -0.129. The highest BCUT2D eigenvalue weighted by Crippen LogP contribution is 2.45. The Morgan fingerprint density at radius 2 is 1.97 bits per heavy atom. The number of carbonyl (C=O) groups is 1. The van der Waals surface area contributed by atoms with Crippen molar-refractivity contribution in [2.75, 3.05) is 26.2 Å². The van der Waals surface area contributed by atoms with Gasteiger partial charge in [0.25, 0.3) is 0 Å². The predicted octanol–water partition coefficient (Wildman–Crippen LogP) is 0.941. The summed E-state index contributed by atoms with van der Waals surface area (Å²) in [4.78, 5) is 20.6. The summed E-state index contributed by atoms with van der Waals surface area (Å²) in [6.45, 7) is 4.18. The molecular formula is C23H30N6O. The zero-order valence-corrected chi connectivity index (χ0v) is 17.2. The number of aromatic nitrogens is 1. The Bertz CT molecular complexity index is 934. The third-order valence-electron chi connectivity index (χ3n) is 7.26. The number of fused-ring (bicyclic) bond motifs is 2. The van der Waals surface area contributed by atoms with Gasteiger partial charge < -0.3 is 10.6 Å². The Kier molecular flexibility index (Phi) is 4.71. The second-order valence-corrected chi connectivity index (χ2v) is 9.38. The van der Waals surface area contributed by atoms with Gasteiger partial charge in [-0.1, -0.05) is 24.3 Å². The van der Waals surface area contributed by atoms with E-state index in [1.165, 1.54) is 6.42 Å². The first-order valence-electron chi connectivity index (χ1n) is 11.4. The van der Waals surface area contributed by atoms with Gasteiger partial charge in [0, 0.05) is 31.1 Å². The molecule has 2 aromatic rings. The average molecular weight is 407 g/mol. The van der Waals surface area contributed by atoms with Gasteiger partial charge in [-0.05, 0) is 49.8 Å². The smallest absolute Gasteiger partial charge is 0.234 e. The number of likely N-dealkylation sites (tertiary alicyclic amines) is 1. The third kappa shape index (κ3) is 3.50. The molecule has 7 heteroatoms. The van der Waals surface area contributed by atoms with Gasteiger partial charge in [-0.3, -0.25) is 25.3 Å². The summed E-state index contributed by atoms with van der Waals surface area (Å²) in [5.41, 5.74) is 1.75. The Morgan fingerprint density at radius 3 is 2.80 bits per heavy atom. The number of hydrogen-bond acceptors (Lipinski definition) is 6. The first-order chi connectivity index (χ1) is 14.7. The fraction of sp³-hybridized carbons (Fsp3) is 0.565. The maximum Gasteiger partial charge on any atom is 0.234 e. The van der Waals surface area contributed by atoms with Gasteiger partial charge in [0.15, 0.2) is 0 Å². The van der Waals surface area contributed by atoms with Gasteiger partial charge in [0.2, 0.25) is 5.91 Å².